The Labute approximate surface area is 152 Å². The molecule has 1 saturated heterocycles. The second-order valence-corrected chi connectivity index (χ2v) is 8.55. The quantitative estimate of drug-likeness (QED) is 0.782. The molecule has 0 aromatic heterocycles. The number of likely N-dealkylation sites (tertiary alicyclic amines) is 1. The number of rotatable bonds is 6. The number of hydrogen-bond acceptors (Lipinski definition) is 4. The van der Waals surface area contributed by atoms with E-state index >= 15 is 0 Å². The van der Waals surface area contributed by atoms with Crippen LogP contribution in [0.2, 0.25) is 0 Å². The van der Waals surface area contributed by atoms with Crippen LogP contribution in [0.5, 0.6) is 0 Å². The maximum atomic E-state index is 13.8. The zero-order valence-electron chi connectivity index (χ0n) is 14.6. The molecule has 2 amide bonds. The molecule has 1 heterocycles. The number of sulfone groups is 1. The fraction of sp³-hybridized carbons (Fsp3) is 0.529. The van der Waals surface area contributed by atoms with Gasteiger partial charge in [0.05, 0.1) is 0 Å². The Morgan fingerprint density at radius 2 is 1.96 bits per heavy atom. The number of amides is 2. The van der Waals surface area contributed by atoms with Crippen molar-refractivity contribution in [1.82, 2.24) is 4.90 Å². The van der Waals surface area contributed by atoms with Gasteiger partial charge in [0, 0.05) is 31.5 Å². The van der Waals surface area contributed by atoms with E-state index in [9.17, 15) is 22.4 Å². The summed E-state index contributed by atoms with van der Waals surface area (Å²) in [6.07, 6.45) is 3.39. The third-order valence-electron chi connectivity index (χ3n) is 4.52. The van der Waals surface area contributed by atoms with Gasteiger partial charge in [0.1, 0.15) is 10.7 Å². The minimum absolute atomic E-state index is 0.217. The van der Waals surface area contributed by atoms with E-state index in [1.165, 1.54) is 11.0 Å². The second-order valence-electron chi connectivity index (χ2n) is 6.57. The third kappa shape index (κ3) is 5.69. The van der Waals surface area contributed by atoms with Crippen LogP contribution in [0.4, 0.5) is 14.9 Å². The van der Waals surface area contributed by atoms with E-state index < -0.39 is 26.6 Å². The lowest BCUT2D eigenvalue weighted by atomic mass is 9.91. The van der Waals surface area contributed by atoms with Crippen LogP contribution in [-0.4, -0.2) is 49.8 Å². The van der Waals surface area contributed by atoms with Gasteiger partial charge in [-0.15, -0.1) is 0 Å². The molecule has 0 saturated carbocycles. The number of hydrogen-bond donors (Lipinski definition) is 2. The van der Waals surface area contributed by atoms with Crippen LogP contribution in [-0.2, 0) is 14.6 Å². The lowest BCUT2D eigenvalue weighted by Gasteiger charge is -2.29. The molecule has 9 heteroatoms. The standard InChI is InChI=1S/C17H23FN2O5S/c1-26(24,25)15-6-5-13(11-14(15)18)19-16(21)4-2-3-12-7-9-20(10-8-12)17(22)23/h5-6,11-12H,2-4,7-10H2,1H3,(H,19,21)(H,22,23). The molecule has 0 unspecified atom stereocenters. The van der Waals surface area contributed by atoms with Crippen LogP contribution in [0.3, 0.4) is 0 Å². The first-order chi connectivity index (χ1) is 12.2. The van der Waals surface area contributed by atoms with E-state index in [1.807, 2.05) is 0 Å². The number of benzene rings is 1. The predicted molar refractivity (Wildman–Crippen MR) is 94.3 cm³/mol. The first kappa shape index (κ1) is 20.2. The number of nitrogens with one attached hydrogen (secondary N) is 1. The average Bonchev–Trinajstić information content (AvgIpc) is 2.54. The van der Waals surface area contributed by atoms with Gasteiger partial charge in [-0.2, -0.15) is 0 Å². The minimum Gasteiger partial charge on any atom is -0.465 e. The Morgan fingerprint density at radius 1 is 1.31 bits per heavy atom. The molecule has 2 N–H and O–H groups in total. The smallest absolute Gasteiger partial charge is 0.407 e. The molecule has 0 radical (unpaired) electrons. The Hall–Kier alpha value is -2.16. The summed E-state index contributed by atoms with van der Waals surface area (Å²) in [5.74, 6) is -0.750. The highest BCUT2D eigenvalue weighted by molar-refractivity contribution is 7.90. The van der Waals surface area contributed by atoms with Gasteiger partial charge >= 0.3 is 6.09 Å². The fourth-order valence-electron chi connectivity index (χ4n) is 3.07. The Morgan fingerprint density at radius 3 is 2.50 bits per heavy atom. The highest BCUT2D eigenvalue weighted by Crippen LogP contribution is 2.23. The summed E-state index contributed by atoms with van der Waals surface area (Å²) in [4.78, 5) is 23.8. The number of anilines is 1. The van der Waals surface area contributed by atoms with Gasteiger partial charge in [0.15, 0.2) is 9.84 Å². The van der Waals surface area contributed by atoms with Crippen LogP contribution < -0.4 is 5.32 Å². The molecular formula is C17H23FN2O5S. The summed E-state index contributed by atoms with van der Waals surface area (Å²) < 4.78 is 36.6. The van der Waals surface area contributed by atoms with Crippen molar-refractivity contribution >= 4 is 27.5 Å². The highest BCUT2D eigenvalue weighted by Gasteiger charge is 2.22. The molecule has 7 nitrogen and oxygen atoms in total. The van der Waals surface area contributed by atoms with Gasteiger partial charge in [-0.1, -0.05) is 0 Å². The zero-order chi connectivity index (χ0) is 19.3. The number of carboxylic acid groups (broad SMARTS) is 1. The van der Waals surface area contributed by atoms with E-state index in [0.717, 1.165) is 37.7 Å². The van der Waals surface area contributed by atoms with Crippen LogP contribution in [0, 0.1) is 11.7 Å². The van der Waals surface area contributed by atoms with Crippen molar-refractivity contribution < 1.29 is 27.5 Å². The van der Waals surface area contributed by atoms with Gasteiger partial charge in [0.25, 0.3) is 0 Å². The largest absolute Gasteiger partial charge is 0.465 e. The fourth-order valence-corrected chi connectivity index (χ4v) is 3.80. The second kappa shape index (κ2) is 8.48. The molecular weight excluding hydrogens is 363 g/mol. The number of carbonyl (C=O) groups excluding carboxylic acids is 1. The van der Waals surface area contributed by atoms with Crippen molar-refractivity contribution in [1.29, 1.82) is 0 Å². The minimum atomic E-state index is -3.64. The molecule has 1 aliphatic rings. The summed E-state index contributed by atoms with van der Waals surface area (Å²) in [5, 5.41) is 11.5. The van der Waals surface area contributed by atoms with Gasteiger partial charge in [-0.3, -0.25) is 4.79 Å². The summed E-state index contributed by atoms with van der Waals surface area (Å²) in [6.45, 7) is 1.05. The molecule has 0 aliphatic carbocycles. The van der Waals surface area contributed by atoms with Crippen molar-refractivity contribution in [3.05, 3.63) is 24.0 Å². The van der Waals surface area contributed by atoms with E-state index in [0.29, 0.717) is 25.4 Å². The van der Waals surface area contributed by atoms with Gasteiger partial charge in [-0.25, -0.2) is 17.6 Å². The molecule has 1 aromatic carbocycles. The number of nitrogens with zero attached hydrogens (tertiary/aromatic N) is 1. The highest BCUT2D eigenvalue weighted by atomic mass is 32.2. The first-order valence-electron chi connectivity index (χ1n) is 8.44. The number of piperidine rings is 1. The van der Waals surface area contributed by atoms with Crippen LogP contribution in [0.25, 0.3) is 0 Å². The predicted octanol–water partition coefficient (Wildman–Crippen LogP) is 2.73. The Balaban J connectivity index is 1.76. The van der Waals surface area contributed by atoms with Gasteiger partial charge in [0.2, 0.25) is 5.91 Å². The molecule has 0 bridgehead atoms. The lowest BCUT2D eigenvalue weighted by molar-refractivity contribution is -0.116. The number of carbonyl (C=O) groups is 2. The molecule has 1 fully saturated rings. The van der Waals surface area contributed by atoms with Gasteiger partial charge < -0.3 is 15.3 Å². The average molecular weight is 386 g/mol. The normalized spacial score (nSPS) is 15.7. The summed E-state index contributed by atoms with van der Waals surface area (Å²) in [5.41, 5.74) is 0.217. The molecule has 144 valence electrons. The SMILES string of the molecule is CS(=O)(=O)c1ccc(NC(=O)CCCC2CCN(C(=O)O)CC2)cc1F. The van der Waals surface area contributed by atoms with Crippen LogP contribution in [0.1, 0.15) is 32.1 Å². The lowest BCUT2D eigenvalue weighted by Crippen LogP contribution is -2.37. The van der Waals surface area contributed by atoms with E-state index in [1.54, 1.807) is 0 Å². The Bertz CT molecular complexity index is 773. The maximum absolute atomic E-state index is 13.8. The van der Waals surface area contributed by atoms with Crippen molar-refractivity contribution in [2.45, 2.75) is 37.0 Å². The zero-order valence-corrected chi connectivity index (χ0v) is 15.4. The van der Waals surface area contributed by atoms with E-state index in [-0.39, 0.29) is 18.0 Å². The Kier molecular flexibility index (Phi) is 6.57. The van der Waals surface area contributed by atoms with Crippen molar-refractivity contribution in [3.8, 4) is 0 Å². The molecule has 1 aromatic rings. The topological polar surface area (TPSA) is 104 Å². The molecule has 2 rings (SSSR count). The third-order valence-corrected chi connectivity index (χ3v) is 5.65. The maximum Gasteiger partial charge on any atom is 0.407 e. The number of halogens is 1. The molecule has 0 spiro atoms. The van der Waals surface area contributed by atoms with E-state index in [2.05, 4.69) is 5.32 Å². The van der Waals surface area contributed by atoms with Crippen molar-refractivity contribution in [3.63, 3.8) is 0 Å². The van der Waals surface area contributed by atoms with E-state index in [4.69, 9.17) is 5.11 Å². The molecule has 0 atom stereocenters. The van der Waals surface area contributed by atoms with Crippen LogP contribution >= 0.6 is 0 Å². The monoisotopic (exact) mass is 386 g/mol. The summed E-state index contributed by atoms with van der Waals surface area (Å²) in [6, 6.07) is 3.49. The summed E-state index contributed by atoms with van der Waals surface area (Å²) in [7, 11) is -3.64. The first-order valence-corrected chi connectivity index (χ1v) is 10.3. The van der Waals surface area contributed by atoms with Gasteiger partial charge in [-0.05, 0) is 49.8 Å². The summed E-state index contributed by atoms with van der Waals surface area (Å²) >= 11 is 0. The molecule has 1 aliphatic heterocycles. The molecule has 26 heavy (non-hydrogen) atoms. The van der Waals surface area contributed by atoms with Crippen LogP contribution in [0.15, 0.2) is 23.1 Å². The van der Waals surface area contributed by atoms with Crippen molar-refractivity contribution in [2.75, 3.05) is 24.7 Å². The van der Waals surface area contributed by atoms with Crippen molar-refractivity contribution in [2.24, 2.45) is 5.92 Å².